The summed E-state index contributed by atoms with van der Waals surface area (Å²) in [6.07, 6.45) is 4.43. The van der Waals surface area contributed by atoms with Crippen LogP contribution in [0, 0.1) is 17.2 Å². The Kier molecular flexibility index (Phi) is 6.15. The first-order chi connectivity index (χ1) is 15.1. The van der Waals surface area contributed by atoms with E-state index < -0.39 is 19.9 Å². The van der Waals surface area contributed by atoms with Crippen LogP contribution in [0.15, 0.2) is 34.1 Å². The molecule has 2 aliphatic rings. The second-order valence-corrected chi connectivity index (χ2v) is 13.1. The Bertz CT molecular complexity index is 1310. The summed E-state index contributed by atoms with van der Waals surface area (Å²) in [5.41, 5.74) is 1.59. The number of anilines is 1. The minimum Gasteiger partial charge on any atom is -0.316 e. The molecule has 1 saturated heterocycles. The zero-order chi connectivity index (χ0) is 23.1. The maximum absolute atomic E-state index is 13.1. The van der Waals surface area contributed by atoms with Gasteiger partial charge in [-0.15, -0.1) is 11.3 Å². The van der Waals surface area contributed by atoms with E-state index in [1.54, 1.807) is 0 Å². The van der Waals surface area contributed by atoms with Crippen molar-refractivity contribution >= 4 is 42.1 Å². The molecule has 4 rings (SSSR count). The number of thiophene rings is 1. The van der Waals surface area contributed by atoms with Crippen LogP contribution in [-0.4, -0.2) is 46.4 Å². The van der Waals surface area contributed by atoms with Crippen LogP contribution >= 0.6 is 11.3 Å². The molecule has 1 fully saturated rings. The Labute approximate surface area is 191 Å². The van der Waals surface area contributed by atoms with Crippen molar-refractivity contribution in [2.45, 2.75) is 41.9 Å². The van der Waals surface area contributed by atoms with Crippen molar-refractivity contribution in [3.8, 4) is 6.07 Å². The number of hydrogen-bond donors (Lipinski definition) is 1. The third kappa shape index (κ3) is 4.20. The van der Waals surface area contributed by atoms with E-state index in [2.05, 4.69) is 11.4 Å². The second kappa shape index (κ2) is 8.59. The average Bonchev–Trinajstić information content (AvgIpc) is 3.34. The van der Waals surface area contributed by atoms with Gasteiger partial charge in [0, 0.05) is 30.1 Å². The third-order valence-electron chi connectivity index (χ3n) is 5.96. The van der Waals surface area contributed by atoms with Crippen LogP contribution in [0.5, 0.6) is 0 Å². The predicted octanol–water partition coefficient (Wildman–Crippen LogP) is 2.55. The molecular formula is C21H23N3O5S3. The lowest BCUT2D eigenvalue weighted by atomic mass is 9.97. The van der Waals surface area contributed by atoms with E-state index in [4.69, 9.17) is 0 Å². The van der Waals surface area contributed by atoms with Gasteiger partial charge in [0.25, 0.3) is 0 Å². The van der Waals surface area contributed by atoms with Crippen molar-refractivity contribution in [3.63, 3.8) is 0 Å². The quantitative estimate of drug-likeness (QED) is 0.683. The first-order valence-electron chi connectivity index (χ1n) is 10.3. The van der Waals surface area contributed by atoms with E-state index in [0.29, 0.717) is 23.4 Å². The number of amides is 1. The maximum atomic E-state index is 13.1. The minimum absolute atomic E-state index is 0.116. The SMILES string of the molecule is CS(=O)(=O)c1ccccc1S(=O)(=O)N1CCC(C(=O)Nc2sc3c(c2C#N)CCC3)CC1. The summed E-state index contributed by atoms with van der Waals surface area (Å²) in [7, 11) is -7.73. The fourth-order valence-electron chi connectivity index (χ4n) is 4.29. The van der Waals surface area contributed by atoms with Crippen molar-refractivity contribution < 1.29 is 21.6 Å². The monoisotopic (exact) mass is 493 g/mol. The lowest BCUT2D eigenvalue weighted by molar-refractivity contribution is -0.120. The highest BCUT2D eigenvalue weighted by Crippen LogP contribution is 2.39. The molecule has 1 aromatic heterocycles. The molecule has 0 spiro atoms. The molecule has 1 aliphatic heterocycles. The summed E-state index contributed by atoms with van der Waals surface area (Å²) in [5, 5.41) is 13.0. The molecule has 0 bridgehead atoms. The number of aryl methyl sites for hydroxylation is 1. The Hall–Kier alpha value is -2.26. The van der Waals surface area contributed by atoms with Crippen LogP contribution in [0.4, 0.5) is 5.00 Å². The Morgan fingerprint density at radius 1 is 1.12 bits per heavy atom. The number of piperidine rings is 1. The summed E-state index contributed by atoms with van der Waals surface area (Å²) < 4.78 is 51.5. The fourth-order valence-corrected chi connectivity index (χ4v) is 8.61. The van der Waals surface area contributed by atoms with Crippen LogP contribution in [-0.2, 0) is 37.5 Å². The van der Waals surface area contributed by atoms with E-state index in [0.717, 1.165) is 36.0 Å². The third-order valence-corrected chi connectivity index (χ3v) is 10.4. The minimum atomic E-state index is -4.01. The number of sulfonamides is 1. The Balaban J connectivity index is 1.46. The van der Waals surface area contributed by atoms with Gasteiger partial charge in [0.05, 0.1) is 10.5 Å². The highest BCUT2D eigenvalue weighted by Gasteiger charge is 2.35. The zero-order valence-corrected chi connectivity index (χ0v) is 19.9. The number of sulfone groups is 1. The molecule has 170 valence electrons. The summed E-state index contributed by atoms with van der Waals surface area (Å²) in [6, 6.07) is 7.77. The molecule has 0 atom stereocenters. The smallest absolute Gasteiger partial charge is 0.244 e. The first-order valence-corrected chi connectivity index (χ1v) is 14.4. The fraction of sp³-hybridized carbons (Fsp3) is 0.429. The zero-order valence-electron chi connectivity index (χ0n) is 17.5. The molecule has 1 aromatic carbocycles. The Morgan fingerprint density at radius 2 is 1.78 bits per heavy atom. The van der Waals surface area contributed by atoms with Crippen LogP contribution in [0.1, 0.15) is 35.3 Å². The standard InChI is InChI=1S/C21H23N3O5S3/c1-31(26,27)18-7-2-3-8-19(18)32(28,29)24-11-9-14(10-12-24)20(25)23-21-16(13-22)15-5-4-6-17(15)30-21/h2-3,7-8,14H,4-6,9-12H2,1H3,(H,23,25). The molecule has 8 nitrogen and oxygen atoms in total. The summed E-state index contributed by atoms with van der Waals surface area (Å²) in [4.78, 5) is 13.5. The number of fused-ring (bicyclic) bond motifs is 1. The number of carbonyl (C=O) groups excluding carboxylic acids is 1. The van der Waals surface area contributed by atoms with Crippen molar-refractivity contribution in [2.24, 2.45) is 5.92 Å². The number of hydrogen-bond acceptors (Lipinski definition) is 7. The van der Waals surface area contributed by atoms with Crippen LogP contribution in [0.25, 0.3) is 0 Å². The summed E-state index contributed by atoms with van der Waals surface area (Å²) in [6.45, 7) is 0.231. The number of benzene rings is 1. The van der Waals surface area contributed by atoms with Gasteiger partial charge in [0.1, 0.15) is 16.0 Å². The molecule has 0 saturated carbocycles. The van der Waals surface area contributed by atoms with Crippen LogP contribution in [0.3, 0.4) is 0 Å². The van der Waals surface area contributed by atoms with Gasteiger partial charge >= 0.3 is 0 Å². The maximum Gasteiger partial charge on any atom is 0.244 e. The van der Waals surface area contributed by atoms with Gasteiger partial charge < -0.3 is 5.32 Å². The first kappa shape index (κ1) is 22.9. The molecule has 0 unspecified atom stereocenters. The molecule has 1 N–H and O–H groups in total. The van der Waals surface area contributed by atoms with Gasteiger partial charge in [-0.1, -0.05) is 12.1 Å². The van der Waals surface area contributed by atoms with E-state index in [9.17, 15) is 26.9 Å². The van der Waals surface area contributed by atoms with Crippen LogP contribution < -0.4 is 5.32 Å². The van der Waals surface area contributed by atoms with E-state index >= 15 is 0 Å². The van der Waals surface area contributed by atoms with Crippen molar-refractivity contribution in [1.29, 1.82) is 5.26 Å². The van der Waals surface area contributed by atoms with Gasteiger partial charge in [-0.05, 0) is 49.8 Å². The summed E-state index contributed by atoms with van der Waals surface area (Å²) in [5.74, 6) is -0.593. The number of carbonyl (C=O) groups is 1. The largest absolute Gasteiger partial charge is 0.316 e. The molecule has 2 aromatic rings. The van der Waals surface area contributed by atoms with Crippen molar-refractivity contribution in [1.82, 2.24) is 4.31 Å². The second-order valence-electron chi connectivity index (χ2n) is 8.06. The molecule has 1 aliphatic carbocycles. The average molecular weight is 494 g/mol. The van der Waals surface area contributed by atoms with Crippen molar-refractivity contribution in [3.05, 3.63) is 40.3 Å². The number of rotatable bonds is 5. The number of nitriles is 1. The predicted molar refractivity (Wildman–Crippen MR) is 121 cm³/mol. The molecular weight excluding hydrogens is 470 g/mol. The molecule has 2 heterocycles. The molecule has 0 radical (unpaired) electrons. The lowest BCUT2D eigenvalue weighted by Crippen LogP contribution is -2.41. The lowest BCUT2D eigenvalue weighted by Gasteiger charge is -2.30. The van der Waals surface area contributed by atoms with E-state index in [1.165, 1.54) is 39.9 Å². The van der Waals surface area contributed by atoms with Gasteiger partial charge in [0.15, 0.2) is 9.84 Å². The molecule has 11 heteroatoms. The summed E-state index contributed by atoms with van der Waals surface area (Å²) >= 11 is 1.45. The van der Waals surface area contributed by atoms with E-state index in [-0.39, 0.29) is 34.7 Å². The van der Waals surface area contributed by atoms with Gasteiger partial charge in [-0.3, -0.25) is 4.79 Å². The van der Waals surface area contributed by atoms with Crippen LogP contribution in [0.2, 0.25) is 0 Å². The molecule has 1 amide bonds. The van der Waals surface area contributed by atoms with Crippen molar-refractivity contribution in [2.75, 3.05) is 24.7 Å². The van der Waals surface area contributed by atoms with Gasteiger partial charge in [-0.25, -0.2) is 16.8 Å². The Morgan fingerprint density at radius 3 is 2.41 bits per heavy atom. The highest BCUT2D eigenvalue weighted by atomic mass is 32.2. The number of nitrogens with one attached hydrogen (secondary N) is 1. The van der Waals surface area contributed by atoms with Gasteiger partial charge in [-0.2, -0.15) is 9.57 Å². The topological polar surface area (TPSA) is 124 Å². The molecule has 32 heavy (non-hydrogen) atoms. The number of nitrogens with zero attached hydrogens (tertiary/aromatic N) is 2. The highest BCUT2D eigenvalue weighted by molar-refractivity contribution is 7.93. The van der Waals surface area contributed by atoms with E-state index in [1.807, 2.05) is 0 Å². The normalized spacial score (nSPS) is 17.6. The van der Waals surface area contributed by atoms with Gasteiger partial charge in [0.2, 0.25) is 15.9 Å².